The summed E-state index contributed by atoms with van der Waals surface area (Å²) in [6.07, 6.45) is -1.15. The van der Waals surface area contributed by atoms with Crippen molar-refractivity contribution in [2.24, 2.45) is 0 Å². The number of fused-ring (bicyclic) bond motifs is 1. The number of rotatable bonds is 3. The number of ether oxygens (including phenoxy) is 1. The van der Waals surface area contributed by atoms with E-state index in [9.17, 15) is 18.0 Å². The van der Waals surface area contributed by atoms with E-state index < -0.39 is 11.7 Å². The van der Waals surface area contributed by atoms with E-state index >= 15 is 0 Å². The number of nitrogens with zero attached hydrogens (tertiary/aromatic N) is 3. The van der Waals surface area contributed by atoms with E-state index in [4.69, 9.17) is 4.74 Å². The van der Waals surface area contributed by atoms with Gasteiger partial charge in [-0.3, -0.25) is 4.79 Å². The lowest BCUT2D eigenvalue weighted by Gasteiger charge is -2.18. The fourth-order valence-corrected chi connectivity index (χ4v) is 3.12. The highest BCUT2D eigenvalue weighted by molar-refractivity contribution is 5.98. The Kier molecular flexibility index (Phi) is 4.92. The van der Waals surface area contributed by atoms with Gasteiger partial charge in [-0.25, -0.2) is 9.97 Å². The van der Waals surface area contributed by atoms with E-state index in [2.05, 4.69) is 9.97 Å². The number of amides is 1. The molecule has 2 aromatic carbocycles. The van der Waals surface area contributed by atoms with Gasteiger partial charge in [-0.15, -0.1) is 0 Å². The van der Waals surface area contributed by atoms with Crippen LogP contribution in [0.5, 0.6) is 5.75 Å². The summed E-state index contributed by atoms with van der Waals surface area (Å²) in [6.45, 7) is 0.937. The van der Waals surface area contributed by atoms with E-state index in [0.29, 0.717) is 41.4 Å². The molecule has 0 aliphatic carbocycles. The topological polar surface area (TPSA) is 55.3 Å². The molecule has 3 aromatic rings. The van der Waals surface area contributed by atoms with Crippen LogP contribution >= 0.6 is 0 Å². The second-order valence-electron chi connectivity index (χ2n) is 6.53. The quantitative estimate of drug-likeness (QED) is 0.663. The van der Waals surface area contributed by atoms with Gasteiger partial charge in [0, 0.05) is 12.4 Å². The van der Waals surface area contributed by atoms with Crippen molar-refractivity contribution in [2.75, 3.05) is 13.2 Å². The maximum Gasteiger partial charge on any atom is 0.416 e. The molecule has 1 aromatic heterocycles. The zero-order valence-electron chi connectivity index (χ0n) is 15.2. The number of aromatic nitrogens is 2. The van der Waals surface area contributed by atoms with Gasteiger partial charge in [0.25, 0.3) is 5.91 Å². The lowest BCUT2D eigenvalue weighted by molar-refractivity contribution is -0.137. The van der Waals surface area contributed by atoms with Crippen LogP contribution in [0.1, 0.15) is 21.7 Å². The lowest BCUT2D eigenvalue weighted by atomic mass is 10.0. The Labute approximate surface area is 164 Å². The van der Waals surface area contributed by atoms with Gasteiger partial charge < -0.3 is 9.64 Å². The first-order valence-electron chi connectivity index (χ1n) is 8.91. The van der Waals surface area contributed by atoms with Crippen LogP contribution < -0.4 is 4.74 Å². The van der Waals surface area contributed by atoms with Crippen LogP contribution in [0.4, 0.5) is 13.2 Å². The molecule has 29 heavy (non-hydrogen) atoms. The predicted octanol–water partition coefficient (Wildman–Crippen LogP) is 4.20. The smallest absolute Gasteiger partial charge is 0.416 e. The Hall–Kier alpha value is -3.42. The summed E-state index contributed by atoms with van der Waals surface area (Å²) in [4.78, 5) is 22.8. The zero-order valence-corrected chi connectivity index (χ0v) is 15.2. The van der Waals surface area contributed by atoms with Crippen molar-refractivity contribution >= 4 is 5.91 Å². The molecule has 0 spiro atoms. The molecule has 0 saturated heterocycles. The average Bonchev–Trinajstić information content (AvgIpc) is 2.87. The summed E-state index contributed by atoms with van der Waals surface area (Å²) < 4.78 is 44.0. The van der Waals surface area contributed by atoms with Crippen molar-refractivity contribution in [3.05, 3.63) is 77.9 Å². The lowest BCUT2D eigenvalue weighted by Crippen LogP contribution is -2.32. The largest absolute Gasteiger partial charge is 0.491 e. The maximum absolute atomic E-state index is 12.9. The minimum Gasteiger partial charge on any atom is -0.491 e. The Bertz CT molecular complexity index is 1020. The Balaban J connectivity index is 1.59. The van der Waals surface area contributed by atoms with Gasteiger partial charge in [-0.05, 0) is 41.5 Å². The molecule has 5 nitrogen and oxygen atoms in total. The molecule has 0 N–H and O–H groups in total. The molecule has 4 rings (SSSR count). The third kappa shape index (κ3) is 4.06. The zero-order chi connectivity index (χ0) is 20.4. The SMILES string of the molecule is O=C1c2ccc(-c3ccc(C(F)(F)F)cc3)cc2OCCN1Cc1ncccn1. The standard InChI is InChI=1S/C21H16F3N3O2/c22-21(23,24)16-5-2-14(3-6-16)15-4-7-17-18(12-15)29-11-10-27(20(17)28)13-19-25-8-1-9-26-19/h1-9,12H,10-11,13H2. The summed E-state index contributed by atoms with van der Waals surface area (Å²) in [5.74, 6) is 0.735. The minimum atomic E-state index is -4.38. The number of carbonyl (C=O) groups is 1. The summed E-state index contributed by atoms with van der Waals surface area (Å²) in [5.41, 5.74) is 0.969. The number of carbonyl (C=O) groups excluding carboxylic acids is 1. The van der Waals surface area contributed by atoms with Crippen LogP contribution in [0.15, 0.2) is 60.9 Å². The maximum atomic E-state index is 12.9. The van der Waals surface area contributed by atoms with Crippen molar-refractivity contribution in [3.8, 4) is 16.9 Å². The molecule has 148 valence electrons. The molecular formula is C21H16F3N3O2. The summed E-state index contributed by atoms with van der Waals surface area (Å²) in [6, 6.07) is 11.6. The number of hydrogen-bond acceptors (Lipinski definition) is 4. The van der Waals surface area contributed by atoms with Crippen LogP contribution in [0.3, 0.4) is 0 Å². The highest BCUT2D eigenvalue weighted by Gasteiger charge is 2.30. The van der Waals surface area contributed by atoms with Gasteiger partial charge in [0.15, 0.2) is 0 Å². The van der Waals surface area contributed by atoms with E-state index in [0.717, 1.165) is 12.1 Å². The monoisotopic (exact) mass is 399 g/mol. The number of halogens is 3. The molecule has 0 bridgehead atoms. The Morgan fingerprint density at radius 2 is 1.69 bits per heavy atom. The summed E-state index contributed by atoms with van der Waals surface area (Å²) in [7, 11) is 0. The van der Waals surface area contributed by atoms with Gasteiger partial charge in [-0.1, -0.05) is 18.2 Å². The molecule has 1 aliphatic heterocycles. The van der Waals surface area contributed by atoms with E-state index in [1.807, 2.05) is 0 Å². The highest BCUT2D eigenvalue weighted by Crippen LogP contribution is 2.33. The van der Waals surface area contributed by atoms with E-state index in [1.165, 1.54) is 12.1 Å². The third-order valence-electron chi connectivity index (χ3n) is 4.62. The number of hydrogen-bond donors (Lipinski definition) is 0. The van der Waals surface area contributed by atoms with Gasteiger partial charge in [0.1, 0.15) is 18.2 Å². The second-order valence-corrected chi connectivity index (χ2v) is 6.53. The number of alkyl halides is 3. The average molecular weight is 399 g/mol. The molecule has 2 heterocycles. The fourth-order valence-electron chi connectivity index (χ4n) is 3.12. The Morgan fingerprint density at radius 3 is 2.38 bits per heavy atom. The van der Waals surface area contributed by atoms with Crippen molar-refractivity contribution in [2.45, 2.75) is 12.7 Å². The second kappa shape index (κ2) is 7.54. The number of benzene rings is 2. The molecule has 1 aliphatic rings. The van der Waals surface area contributed by atoms with Gasteiger partial charge in [0.05, 0.1) is 24.2 Å². The normalized spacial score (nSPS) is 14.2. The van der Waals surface area contributed by atoms with Crippen LogP contribution in [0, 0.1) is 0 Å². The van der Waals surface area contributed by atoms with Gasteiger partial charge >= 0.3 is 6.18 Å². The van der Waals surface area contributed by atoms with Crippen molar-refractivity contribution in [3.63, 3.8) is 0 Å². The van der Waals surface area contributed by atoms with Crippen LogP contribution in [-0.2, 0) is 12.7 Å². The van der Waals surface area contributed by atoms with E-state index in [-0.39, 0.29) is 12.5 Å². The van der Waals surface area contributed by atoms with Crippen LogP contribution in [0.2, 0.25) is 0 Å². The molecule has 0 radical (unpaired) electrons. The first-order valence-corrected chi connectivity index (χ1v) is 8.91. The molecule has 8 heteroatoms. The van der Waals surface area contributed by atoms with Gasteiger partial charge in [0.2, 0.25) is 0 Å². The summed E-state index contributed by atoms with van der Waals surface area (Å²) in [5, 5.41) is 0. The minimum absolute atomic E-state index is 0.205. The molecule has 0 atom stereocenters. The predicted molar refractivity (Wildman–Crippen MR) is 99.1 cm³/mol. The van der Waals surface area contributed by atoms with Gasteiger partial charge in [-0.2, -0.15) is 13.2 Å². The fraction of sp³-hybridized carbons (Fsp3) is 0.190. The van der Waals surface area contributed by atoms with Crippen LogP contribution in [0.25, 0.3) is 11.1 Å². The van der Waals surface area contributed by atoms with Crippen molar-refractivity contribution < 1.29 is 22.7 Å². The highest BCUT2D eigenvalue weighted by atomic mass is 19.4. The van der Waals surface area contributed by atoms with E-state index in [1.54, 1.807) is 41.6 Å². The van der Waals surface area contributed by atoms with Crippen LogP contribution in [-0.4, -0.2) is 33.9 Å². The van der Waals surface area contributed by atoms with Crippen molar-refractivity contribution in [1.29, 1.82) is 0 Å². The first-order chi connectivity index (χ1) is 13.9. The molecular weight excluding hydrogens is 383 g/mol. The summed E-state index contributed by atoms with van der Waals surface area (Å²) >= 11 is 0. The molecule has 0 saturated carbocycles. The molecule has 0 unspecified atom stereocenters. The molecule has 1 amide bonds. The van der Waals surface area contributed by atoms with Crippen molar-refractivity contribution in [1.82, 2.24) is 14.9 Å². The Morgan fingerprint density at radius 1 is 1.00 bits per heavy atom. The molecule has 0 fully saturated rings. The third-order valence-corrected chi connectivity index (χ3v) is 4.62. The first kappa shape index (κ1) is 18.9.